The summed E-state index contributed by atoms with van der Waals surface area (Å²) in [5.41, 5.74) is 3.73. The van der Waals surface area contributed by atoms with E-state index in [1.807, 2.05) is 39.2 Å². The number of benzene rings is 1. The Hall–Kier alpha value is -2.63. The van der Waals surface area contributed by atoms with Crippen LogP contribution in [0.1, 0.15) is 62.4 Å². The molecule has 1 aliphatic rings. The number of nitriles is 1. The van der Waals surface area contributed by atoms with Gasteiger partial charge in [-0.3, -0.25) is 0 Å². The Bertz CT molecular complexity index is 1240. The zero-order valence-electron chi connectivity index (χ0n) is 23.9. The molecule has 0 spiro atoms. The molecule has 8 heteroatoms. The molecule has 2 aromatic rings. The van der Waals surface area contributed by atoms with E-state index in [4.69, 9.17) is 9.47 Å². The molecule has 0 aliphatic heterocycles. The van der Waals surface area contributed by atoms with Gasteiger partial charge in [-0.25, -0.2) is 9.18 Å². The Balaban J connectivity index is 2.00. The molecule has 0 radical (unpaired) electrons. The van der Waals surface area contributed by atoms with Crippen LogP contribution in [0.3, 0.4) is 0 Å². The maximum Gasteiger partial charge on any atom is 0.410 e. The van der Waals surface area contributed by atoms with Gasteiger partial charge in [-0.15, -0.1) is 0 Å². The summed E-state index contributed by atoms with van der Waals surface area (Å²) in [6.07, 6.45) is 3.72. The van der Waals surface area contributed by atoms with Crippen LogP contribution in [0.15, 0.2) is 12.1 Å². The van der Waals surface area contributed by atoms with E-state index >= 15 is 4.39 Å². The van der Waals surface area contributed by atoms with Crippen molar-refractivity contribution < 1.29 is 18.7 Å². The number of ether oxygens (including phenoxy) is 2. The zero-order valence-corrected chi connectivity index (χ0v) is 24.9. The van der Waals surface area contributed by atoms with Gasteiger partial charge in [0.15, 0.2) is 0 Å². The molecule has 1 aromatic heterocycles. The largest absolute Gasteiger partial charge is 0.444 e. The standard InChI is InChI=1S/C29H42FN3O3Si/c1-19-20(2)33(18-35-13-14-37(7,8)9)27-22(17-31)16-24(30)26(25(19)27)21-11-10-12-23(15-21)32(6)28(34)36-29(3,4)5/h11,16,23H,10,12-15,18H2,1-9H3/t23-/m0/s1. The third-order valence-electron chi connectivity index (χ3n) is 7.08. The number of aromatic nitrogens is 1. The quantitative estimate of drug-likeness (QED) is 0.278. The third kappa shape index (κ3) is 6.63. The number of hydrogen-bond acceptors (Lipinski definition) is 4. The molecule has 6 nitrogen and oxygen atoms in total. The summed E-state index contributed by atoms with van der Waals surface area (Å²) in [4.78, 5) is 14.3. The number of amides is 1. The lowest BCUT2D eigenvalue weighted by Gasteiger charge is -2.33. The first-order valence-electron chi connectivity index (χ1n) is 13.1. The molecule has 0 unspecified atom stereocenters. The fourth-order valence-corrected chi connectivity index (χ4v) is 5.59. The molecule has 1 atom stereocenters. The summed E-state index contributed by atoms with van der Waals surface area (Å²) >= 11 is 0. The van der Waals surface area contributed by atoms with Gasteiger partial charge in [0.1, 0.15) is 24.2 Å². The van der Waals surface area contributed by atoms with Gasteiger partial charge in [-0.2, -0.15) is 5.26 Å². The summed E-state index contributed by atoms with van der Waals surface area (Å²) in [6, 6.07) is 4.49. The van der Waals surface area contributed by atoms with Crippen molar-refractivity contribution >= 4 is 30.6 Å². The third-order valence-corrected chi connectivity index (χ3v) is 8.78. The zero-order chi connectivity index (χ0) is 27.7. The number of nitrogens with zero attached hydrogens (tertiary/aromatic N) is 3. The molecular formula is C29H42FN3O3Si. The first kappa shape index (κ1) is 28.9. The molecule has 1 heterocycles. The van der Waals surface area contributed by atoms with Crippen molar-refractivity contribution in [2.45, 2.75) is 97.9 Å². The fourth-order valence-electron chi connectivity index (χ4n) is 4.84. The monoisotopic (exact) mass is 527 g/mol. The van der Waals surface area contributed by atoms with Crippen LogP contribution in [0, 0.1) is 31.0 Å². The maximum absolute atomic E-state index is 15.7. The predicted octanol–water partition coefficient (Wildman–Crippen LogP) is 7.38. The summed E-state index contributed by atoms with van der Waals surface area (Å²) in [6.45, 7) is 17.4. The van der Waals surface area contributed by atoms with E-state index in [9.17, 15) is 10.1 Å². The van der Waals surface area contributed by atoms with Crippen molar-refractivity contribution in [3.8, 4) is 6.07 Å². The van der Waals surface area contributed by atoms with Gasteiger partial charge in [-0.1, -0.05) is 25.7 Å². The highest BCUT2D eigenvalue weighted by Gasteiger charge is 2.30. The maximum atomic E-state index is 15.7. The van der Waals surface area contributed by atoms with Gasteiger partial charge in [0.25, 0.3) is 0 Å². The molecular weight excluding hydrogens is 485 g/mol. The second-order valence-corrected chi connectivity index (χ2v) is 18.0. The number of halogens is 1. The second kappa shape index (κ2) is 11.0. The number of carbonyl (C=O) groups excluding carboxylic acids is 1. The highest BCUT2D eigenvalue weighted by Crippen LogP contribution is 2.40. The van der Waals surface area contributed by atoms with Crippen molar-refractivity contribution in [3.05, 3.63) is 40.3 Å². The minimum Gasteiger partial charge on any atom is -0.444 e. The highest BCUT2D eigenvalue weighted by atomic mass is 28.3. The van der Waals surface area contributed by atoms with Gasteiger partial charge in [0, 0.05) is 44.4 Å². The molecule has 0 bridgehead atoms. The Morgan fingerprint density at radius 1 is 1.30 bits per heavy atom. The normalized spacial score (nSPS) is 16.5. The van der Waals surface area contributed by atoms with Crippen LogP contribution in [0.2, 0.25) is 25.7 Å². The van der Waals surface area contributed by atoms with Gasteiger partial charge in [0.05, 0.1) is 11.1 Å². The van der Waals surface area contributed by atoms with E-state index in [0.29, 0.717) is 36.4 Å². The van der Waals surface area contributed by atoms with E-state index in [0.717, 1.165) is 41.1 Å². The molecule has 0 N–H and O–H groups in total. The molecule has 1 amide bonds. The summed E-state index contributed by atoms with van der Waals surface area (Å²) in [7, 11) is 0.514. The first-order valence-corrected chi connectivity index (χ1v) is 16.8. The van der Waals surface area contributed by atoms with Gasteiger partial charge in [-0.05, 0) is 77.1 Å². The Labute approximate surface area is 222 Å². The van der Waals surface area contributed by atoms with Gasteiger partial charge < -0.3 is 18.9 Å². The molecule has 1 aliphatic carbocycles. The highest BCUT2D eigenvalue weighted by molar-refractivity contribution is 6.76. The van der Waals surface area contributed by atoms with Crippen LogP contribution in [-0.2, 0) is 16.2 Å². The lowest BCUT2D eigenvalue weighted by Crippen LogP contribution is -2.41. The first-order chi connectivity index (χ1) is 17.1. The number of rotatable bonds is 7. The van der Waals surface area contributed by atoms with Crippen molar-refractivity contribution in [3.63, 3.8) is 0 Å². The van der Waals surface area contributed by atoms with Crippen LogP contribution < -0.4 is 0 Å². The number of fused-ring (bicyclic) bond motifs is 1. The van der Waals surface area contributed by atoms with Gasteiger partial charge in [0.2, 0.25) is 0 Å². The fraction of sp³-hybridized carbons (Fsp3) is 0.586. The SMILES string of the molecule is Cc1c(C)n(COCC[Si](C)(C)C)c2c(C#N)cc(F)c(C3=CCC[C@H](N(C)C(=O)OC(C)(C)C)C3)c12. The van der Waals surface area contributed by atoms with Crippen LogP contribution in [-0.4, -0.2) is 48.9 Å². The number of carbonyl (C=O) groups is 1. The van der Waals surface area contributed by atoms with Crippen LogP contribution >= 0.6 is 0 Å². The average Bonchev–Trinajstić information content (AvgIpc) is 3.04. The second-order valence-electron chi connectivity index (χ2n) is 12.4. The van der Waals surface area contributed by atoms with Crippen LogP contribution in [0.4, 0.5) is 9.18 Å². The summed E-state index contributed by atoms with van der Waals surface area (Å²) < 4.78 is 29.3. The molecule has 0 saturated carbocycles. The van der Waals surface area contributed by atoms with E-state index < -0.39 is 19.5 Å². The predicted molar refractivity (Wildman–Crippen MR) is 150 cm³/mol. The minimum atomic E-state index is -1.23. The topological polar surface area (TPSA) is 67.5 Å². The van der Waals surface area contributed by atoms with Crippen LogP contribution in [0.5, 0.6) is 0 Å². The van der Waals surface area contributed by atoms with Crippen molar-refractivity contribution in [2.75, 3.05) is 13.7 Å². The number of hydrogen-bond donors (Lipinski definition) is 0. The van der Waals surface area contributed by atoms with Crippen molar-refractivity contribution in [1.82, 2.24) is 9.47 Å². The summed E-state index contributed by atoms with van der Waals surface area (Å²) in [5.74, 6) is -0.407. The molecule has 3 rings (SSSR count). The van der Waals surface area contributed by atoms with E-state index in [1.54, 1.807) is 11.9 Å². The Kier molecular flexibility index (Phi) is 8.60. The van der Waals surface area contributed by atoms with Crippen molar-refractivity contribution in [1.29, 1.82) is 5.26 Å². The molecule has 0 fully saturated rings. The average molecular weight is 528 g/mol. The van der Waals surface area contributed by atoms with E-state index in [2.05, 4.69) is 31.8 Å². The van der Waals surface area contributed by atoms with E-state index in [1.165, 1.54) is 6.07 Å². The Morgan fingerprint density at radius 3 is 2.57 bits per heavy atom. The number of aryl methyl sites for hydroxylation is 1. The molecule has 0 saturated heterocycles. The molecule has 1 aromatic carbocycles. The lowest BCUT2D eigenvalue weighted by molar-refractivity contribution is 0.0216. The Morgan fingerprint density at radius 2 is 1.97 bits per heavy atom. The smallest absolute Gasteiger partial charge is 0.410 e. The molecule has 37 heavy (non-hydrogen) atoms. The lowest BCUT2D eigenvalue weighted by atomic mass is 9.86. The minimum absolute atomic E-state index is 0.103. The molecule has 202 valence electrons. The number of allylic oxidation sites excluding steroid dienone is 1. The van der Waals surface area contributed by atoms with Crippen LogP contribution in [0.25, 0.3) is 16.5 Å². The van der Waals surface area contributed by atoms with Gasteiger partial charge >= 0.3 is 6.09 Å². The van der Waals surface area contributed by atoms with E-state index in [-0.39, 0.29) is 12.1 Å². The van der Waals surface area contributed by atoms with Crippen molar-refractivity contribution in [2.24, 2.45) is 0 Å². The summed E-state index contributed by atoms with van der Waals surface area (Å²) in [5, 5.41) is 10.7.